The molecule has 0 amide bonds. The third-order valence-electron chi connectivity index (χ3n) is 11.8. The van der Waals surface area contributed by atoms with E-state index in [2.05, 4.69) is 163 Å². The highest BCUT2D eigenvalue weighted by Gasteiger charge is 2.36. The van der Waals surface area contributed by atoms with E-state index in [0.29, 0.717) is 21.9 Å². The molecule has 11 rings (SSSR count). The third-order valence-corrected chi connectivity index (χ3v) is 11.8. The summed E-state index contributed by atoms with van der Waals surface area (Å²) in [6.45, 7) is 4.66. The molecule has 0 spiro atoms. The van der Waals surface area contributed by atoms with Crippen molar-refractivity contribution in [3.8, 4) is 27.9 Å². The minimum atomic E-state index is -0.219. The monoisotopic (exact) mass is 720 g/mol. The summed E-state index contributed by atoms with van der Waals surface area (Å²) in [6.07, 6.45) is 0. The molecule has 266 valence electrons. The maximum atomic E-state index is 13.3. The second kappa shape index (κ2) is 12.2. The van der Waals surface area contributed by atoms with Crippen LogP contribution in [-0.4, -0.2) is 4.57 Å². The Morgan fingerprint density at radius 2 is 1.11 bits per heavy atom. The zero-order valence-electron chi connectivity index (χ0n) is 31.0. The maximum Gasteiger partial charge on any atom is 0.200 e. The number of nitrogens with zero attached hydrogens (tertiary/aromatic N) is 2. The van der Waals surface area contributed by atoms with E-state index in [0.717, 1.165) is 33.9 Å². The van der Waals surface area contributed by atoms with Gasteiger partial charge in [-0.05, 0) is 124 Å². The van der Waals surface area contributed by atoms with Crippen LogP contribution in [0.15, 0.2) is 191 Å². The molecule has 2 aromatic heterocycles. The van der Waals surface area contributed by atoms with Gasteiger partial charge in [0.2, 0.25) is 5.43 Å². The summed E-state index contributed by atoms with van der Waals surface area (Å²) >= 11 is 0. The zero-order valence-corrected chi connectivity index (χ0v) is 31.0. The second-order valence-corrected chi connectivity index (χ2v) is 15.3. The Balaban J connectivity index is 1.04. The molecule has 0 bridgehead atoms. The van der Waals surface area contributed by atoms with Crippen LogP contribution in [0.3, 0.4) is 0 Å². The van der Waals surface area contributed by atoms with Crippen molar-refractivity contribution in [2.75, 3.05) is 4.90 Å². The van der Waals surface area contributed by atoms with Crippen LogP contribution in [0.2, 0.25) is 0 Å². The van der Waals surface area contributed by atoms with Gasteiger partial charge in [-0.1, -0.05) is 105 Å². The van der Waals surface area contributed by atoms with E-state index >= 15 is 0 Å². The van der Waals surface area contributed by atoms with Crippen molar-refractivity contribution in [1.29, 1.82) is 0 Å². The van der Waals surface area contributed by atoms with Crippen LogP contribution in [0.25, 0.3) is 71.7 Å². The first-order chi connectivity index (χ1) is 27.4. The van der Waals surface area contributed by atoms with Crippen LogP contribution in [0, 0.1) is 0 Å². The highest BCUT2D eigenvalue weighted by Crippen LogP contribution is 2.52. The Labute approximate surface area is 324 Å². The largest absolute Gasteiger partial charge is 0.456 e. The second-order valence-electron chi connectivity index (χ2n) is 15.3. The van der Waals surface area contributed by atoms with Gasteiger partial charge in [0.25, 0.3) is 0 Å². The molecule has 8 aromatic carbocycles. The number of rotatable bonds is 5. The number of para-hydroxylation sites is 4. The lowest BCUT2D eigenvalue weighted by atomic mass is 9.82. The number of aromatic nitrogens is 1. The molecule has 0 saturated heterocycles. The van der Waals surface area contributed by atoms with Crippen molar-refractivity contribution < 1.29 is 4.42 Å². The number of benzene rings is 8. The standard InChI is InChI=1S/C52H36N2O2/c1-52(2)45-27-22-33(34-21-25-42-50(30-34)56-49-20-12-10-18-41(49)51(42)55)29-43(45)39-26-23-38(32-46(39)52)53(35-13-5-3-6-14-35)37-24-28-48-44(31-37)40-17-9-11-19-47(40)54(48)36-15-7-4-8-16-36/h3-32H,1-2H3. The van der Waals surface area contributed by atoms with Gasteiger partial charge in [-0.25, -0.2) is 0 Å². The lowest BCUT2D eigenvalue weighted by Crippen LogP contribution is -2.16. The first-order valence-corrected chi connectivity index (χ1v) is 19.1. The fraction of sp³-hybridized carbons (Fsp3) is 0.0577. The minimum Gasteiger partial charge on any atom is -0.456 e. The van der Waals surface area contributed by atoms with Gasteiger partial charge in [-0.3, -0.25) is 4.79 Å². The van der Waals surface area contributed by atoms with Crippen LogP contribution in [0.1, 0.15) is 25.0 Å². The molecule has 1 aliphatic carbocycles. The predicted molar refractivity (Wildman–Crippen MR) is 232 cm³/mol. The van der Waals surface area contributed by atoms with Gasteiger partial charge in [0, 0.05) is 38.9 Å². The van der Waals surface area contributed by atoms with E-state index in [-0.39, 0.29) is 10.8 Å². The van der Waals surface area contributed by atoms with Crippen molar-refractivity contribution >= 4 is 60.8 Å². The van der Waals surface area contributed by atoms with Gasteiger partial charge in [0.05, 0.1) is 21.8 Å². The van der Waals surface area contributed by atoms with Crippen molar-refractivity contribution in [2.24, 2.45) is 0 Å². The number of hydrogen-bond donors (Lipinski definition) is 0. The van der Waals surface area contributed by atoms with E-state index in [9.17, 15) is 4.79 Å². The van der Waals surface area contributed by atoms with Crippen molar-refractivity contribution in [2.45, 2.75) is 19.3 Å². The minimum absolute atomic E-state index is 0.00255. The average molecular weight is 721 g/mol. The molecule has 0 N–H and O–H groups in total. The molecule has 0 saturated carbocycles. The molecule has 0 aliphatic heterocycles. The Morgan fingerprint density at radius 1 is 0.464 bits per heavy atom. The molecular formula is C52H36N2O2. The van der Waals surface area contributed by atoms with Crippen molar-refractivity contribution in [3.63, 3.8) is 0 Å². The van der Waals surface area contributed by atoms with Gasteiger partial charge in [0.1, 0.15) is 11.2 Å². The fourth-order valence-electron chi connectivity index (χ4n) is 9.02. The van der Waals surface area contributed by atoms with E-state index in [1.807, 2.05) is 42.5 Å². The average Bonchev–Trinajstić information content (AvgIpc) is 3.69. The van der Waals surface area contributed by atoms with Gasteiger partial charge < -0.3 is 13.9 Å². The van der Waals surface area contributed by atoms with Crippen LogP contribution in [0.5, 0.6) is 0 Å². The summed E-state index contributed by atoms with van der Waals surface area (Å²) in [4.78, 5) is 15.6. The number of fused-ring (bicyclic) bond motifs is 8. The van der Waals surface area contributed by atoms with Gasteiger partial charge in [-0.2, -0.15) is 0 Å². The summed E-state index contributed by atoms with van der Waals surface area (Å²) in [5.41, 5.74) is 15.0. The Morgan fingerprint density at radius 3 is 1.95 bits per heavy atom. The predicted octanol–water partition coefficient (Wildman–Crippen LogP) is 13.5. The van der Waals surface area contributed by atoms with Gasteiger partial charge in [-0.15, -0.1) is 0 Å². The fourth-order valence-corrected chi connectivity index (χ4v) is 9.02. The Kier molecular flexibility index (Phi) is 7.02. The van der Waals surface area contributed by atoms with E-state index in [1.165, 1.54) is 44.1 Å². The summed E-state index contributed by atoms with van der Waals surface area (Å²) < 4.78 is 8.60. The van der Waals surface area contributed by atoms with Crippen LogP contribution < -0.4 is 10.3 Å². The summed E-state index contributed by atoms with van der Waals surface area (Å²) in [7, 11) is 0. The smallest absolute Gasteiger partial charge is 0.200 e. The molecular weight excluding hydrogens is 685 g/mol. The summed E-state index contributed by atoms with van der Waals surface area (Å²) in [6, 6.07) is 63.9. The van der Waals surface area contributed by atoms with Gasteiger partial charge >= 0.3 is 0 Å². The quantitative estimate of drug-likeness (QED) is 0.166. The molecule has 4 heteroatoms. The maximum absolute atomic E-state index is 13.3. The highest BCUT2D eigenvalue weighted by atomic mass is 16.3. The van der Waals surface area contributed by atoms with Crippen LogP contribution >= 0.6 is 0 Å². The molecule has 0 fully saturated rings. The zero-order chi connectivity index (χ0) is 37.5. The number of hydrogen-bond acceptors (Lipinski definition) is 3. The summed E-state index contributed by atoms with van der Waals surface area (Å²) in [5, 5.41) is 3.64. The van der Waals surface area contributed by atoms with Crippen LogP contribution in [0.4, 0.5) is 17.1 Å². The molecule has 4 nitrogen and oxygen atoms in total. The lowest BCUT2D eigenvalue weighted by molar-refractivity contribution is 0.659. The summed E-state index contributed by atoms with van der Waals surface area (Å²) in [5.74, 6) is 0. The molecule has 10 aromatic rings. The SMILES string of the molecule is CC1(C)c2ccc(-c3ccc4c(=O)c5ccccc5oc4c3)cc2-c2ccc(N(c3ccccc3)c3ccc4c(c3)c3ccccc3n4-c3ccccc3)cc21. The normalized spacial score (nSPS) is 13.0. The third kappa shape index (κ3) is 4.82. The van der Waals surface area contributed by atoms with E-state index in [4.69, 9.17) is 4.42 Å². The van der Waals surface area contributed by atoms with Crippen LogP contribution in [-0.2, 0) is 5.41 Å². The molecule has 0 radical (unpaired) electrons. The first-order valence-electron chi connectivity index (χ1n) is 19.1. The van der Waals surface area contributed by atoms with E-state index in [1.54, 1.807) is 0 Å². The Hall–Kier alpha value is -7.17. The Bertz CT molecular complexity index is 3250. The lowest BCUT2D eigenvalue weighted by Gasteiger charge is -2.28. The molecule has 0 atom stereocenters. The molecule has 2 heterocycles. The number of anilines is 3. The van der Waals surface area contributed by atoms with Crippen molar-refractivity contribution in [1.82, 2.24) is 4.57 Å². The van der Waals surface area contributed by atoms with E-state index < -0.39 is 0 Å². The highest BCUT2D eigenvalue weighted by molar-refractivity contribution is 6.10. The van der Waals surface area contributed by atoms with Crippen molar-refractivity contribution in [3.05, 3.63) is 203 Å². The molecule has 0 unspecified atom stereocenters. The first kappa shape index (κ1) is 32.3. The van der Waals surface area contributed by atoms with Gasteiger partial charge in [0.15, 0.2) is 0 Å². The molecule has 56 heavy (non-hydrogen) atoms. The topological polar surface area (TPSA) is 38.4 Å². The molecule has 1 aliphatic rings.